The van der Waals surface area contributed by atoms with Crippen LogP contribution in [0, 0.1) is 0 Å². The van der Waals surface area contributed by atoms with Gasteiger partial charge in [0.2, 0.25) is 0 Å². The molecule has 18 heavy (non-hydrogen) atoms. The Kier molecular flexibility index (Phi) is 4.95. The van der Waals surface area contributed by atoms with Gasteiger partial charge in [0, 0.05) is 14.2 Å². The summed E-state index contributed by atoms with van der Waals surface area (Å²) in [7, 11) is 3.21. The second-order valence-corrected chi connectivity index (χ2v) is 4.94. The second kappa shape index (κ2) is 6.04. The molecule has 2 amide bonds. The van der Waals surface area contributed by atoms with Crippen LogP contribution < -0.4 is 5.32 Å². The standard InChI is InChI=1S/C12H22N2O4/c1-9(8-18-3)14(2)11(17)13-12(10(15)16)6-4-5-7-12/h9H,4-8H2,1-3H3,(H,13,17)(H,15,16). The third-order valence-corrected chi connectivity index (χ3v) is 3.60. The molecule has 0 aromatic rings. The molecule has 0 heterocycles. The number of carbonyl (C=O) groups excluding carboxylic acids is 1. The molecule has 1 saturated carbocycles. The van der Waals surface area contributed by atoms with Crippen molar-refractivity contribution in [2.24, 2.45) is 0 Å². The third-order valence-electron chi connectivity index (χ3n) is 3.60. The summed E-state index contributed by atoms with van der Waals surface area (Å²) in [6, 6.07) is -0.453. The van der Waals surface area contributed by atoms with E-state index in [1.54, 1.807) is 14.2 Å². The fourth-order valence-electron chi connectivity index (χ4n) is 2.22. The minimum absolute atomic E-state index is 0.0951. The van der Waals surface area contributed by atoms with E-state index in [4.69, 9.17) is 4.74 Å². The van der Waals surface area contributed by atoms with Crippen LogP contribution in [0.1, 0.15) is 32.6 Å². The Morgan fingerprint density at radius 2 is 2.00 bits per heavy atom. The van der Waals surface area contributed by atoms with Crippen LogP contribution in [0.25, 0.3) is 0 Å². The van der Waals surface area contributed by atoms with Crippen molar-refractivity contribution in [2.75, 3.05) is 20.8 Å². The number of urea groups is 1. The van der Waals surface area contributed by atoms with E-state index in [0.29, 0.717) is 19.4 Å². The number of carboxylic acid groups (broad SMARTS) is 1. The smallest absolute Gasteiger partial charge is 0.329 e. The van der Waals surface area contributed by atoms with Gasteiger partial charge in [-0.2, -0.15) is 0 Å². The number of likely N-dealkylation sites (N-methyl/N-ethyl adjacent to an activating group) is 1. The zero-order valence-corrected chi connectivity index (χ0v) is 11.2. The summed E-state index contributed by atoms with van der Waals surface area (Å²) in [5.74, 6) is -0.943. The summed E-state index contributed by atoms with van der Waals surface area (Å²) in [6.07, 6.45) is 2.68. The molecule has 0 radical (unpaired) electrons. The van der Waals surface area contributed by atoms with Crippen LogP contribution in [0.2, 0.25) is 0 Å². The van der Waals surface area contributed by atoms with E-state index in [1.807, 2.05) is 6.92 Å². The van der Waals surface area contributed by atoms with Crippen LogP contribution in [0.15, 0.2) is 0 Å². The molecule has 1 rings (SSSR count). The average molecular weight is 258 g/mol. The van der Waals surface area contributed by atoms with E-state index in [1.165, 1.54) is 4.90 Å². The van der Waals surface area contributed by atoms with Gasteiger partial charge in [0.15, 0.2) is 0 Å². The maximum absolute atomic E-state index is 12.0. The van der Waals surface area contributed by atoms with Crippen molar-refractivity contribution >= 4 is 12.0 Å². The van der Waals surface area contributed by atoms with Crippen LogP contribution in [-0.2, 0) is 9.53 Å². The predicted molar refractivity (Wildman–Crippen MR) is 66.5 cm³/mol. The summed E-state index contributed by atoms with van der Waals surface area (Å²) in [5.41, 5.74) is -1.09. The third kappa shape index (κ3) is 3.13. The lowest BCUT2D eigenvalue weighted by Crippen LogP contribution is -2.57. The number of rotatable bonds is 5. The highest BCUT2D eigenvalue weighted by Gasteiger charge is 2.43. The van der Waals surface area contributed by atoms with Gasteiger partial charge in [-0.15, -0.1) is 0 Å². The van der Waals surface area contributed by atoms with Gasteiger partial charge in [-0.3, -0.25) is 0 Å². The molecule has 1 unspecified atom stereocenters. The molecule has 0 saturated heterocycles. The lowest BCUT2D eigenvalue weighted by Gasteiger charge is -2.31. The molecule has 0 aromatic heterocycles. The number of carbonyl (C=O) groups is 2. The Hall–Kier alpha value is -1.30. The monoisotopic (exact) mass is 258 g/mol. The molecule has 0 aromatic carbocycles. The molecule has 6 heteroatoms. The first-order valence-electron chi connectivity index (χ1n) is 6.20. The quantitative estimate of drug-likeness (QED) is 0.773. The molecular weight excluding hydrogens is 236 g/mol. The van der Waals surface area contributed by atoms with E-state index in [0.717, 1.165) is 12.8 Å². The highest BCUT2D eigenvalue weighted by atomic mass is 16.5. The van der Waals surface area contributed by atoms with Gasteiger partial charge >= 0.3 is 12.0 Å². The fourth-order valence-corrected chi connectivity index (χ4v) is 2.22. The molecule has 1 aliphatic rings. The first-order chi connectivity index (χ1) is 8.43. The van der Waals surface area contributed by atoms with Crippen LogP contribution in [-0.4, -0.2) is 54.4 Å². The van der Waals surface area contributed by atoms with Gasteiger partial charge in [-0.25, -0.2) is 9.59 Å². The molecule has 104 valence electrons. The van der Waals surface area contributed by atoms with Crippen molar-refractivity contribution in [3.05, 3.63) is 0 Å². The lowest BCUT2D eigenvalue weighted by molar-refractivity contribution is -0.144. The maximum atomic E-state index is 12.0. The van der Waals surface area contributed by atoms with Gasteiger partial charge < -0.3 is 20.1 Å². The van der Waals surface area contributed by atoms with E-state index in [-0.39, 0.29) is 12.1 Å². The van der Waals surface area contributed by atoms with Gasteiger partial charge in [-0.1, -0.05) is 12.8 Å². The molecule has 0 spiro atoms. The average Bonchev–Trinajstić information content (AvgIpc) is 2.78. The van der Waals surface area contributed by atoms with Crippen molar-refractivity contribution in [1.29, 1.82) is 0 Å². The Labute approximate surface area is 107 Å². The topological polar surface area (TPSA) is 78.9 Å². The van der Waals surface area contributed by atoms with E-state index in [9.17, 15) is 14.7 Å². The molecule has 0 bridgehead atoms. The normalized spacial score (nSPS) is 19.3. The fraction of sp³-hybridized carbons (Fsp3) is 0.833. The number of hydrogen-bond acceptors (Lipinski definition) is 3. The Morgan fingerprint density at radius 3 is 2.44 bits per heavy atom. The van der Waals surface area contributed by atoms with Gasteiger partial charge in [0.05, 0.1) is 12.6 Å². The first-order valence-corrected chi connectivity index (χ1v) is 6.20. The van der Waals surface area contributed by atoms with Crippen molar-refractivity contribution in [3.63, 3.8) is 0 Å². The molecular formula is C12H22N2O4. The van der Waals surface area contributed by atoms with E-state index in [2.05, 4.69) is 5.32 Å². The van der Waals surface area contributed by atoms with Crippen molar-refractivity contribution in [1.82, 2.24) is 10.2 Å². The van der Waals surface area contributed by atoms with Crippen molar-refractivity contribution in [3.8, 4) is 0 Å². The van der Waals surface area contributed by atoms with Crippen molar-refractivity contribution < 1.29 is 19.4 Å². The predicted octanol–water partition coefficient (Wildman–Crippen LogP) is 1.06. The summed E-state index contributed by atoms with van der Waals surface area (Å²) in [5, 5.41) is 11.9. The second-order valence-electron chi connectivity index (χ2n) is 4.94. The number of amides is 2. The lowest BCUT2D eigenvalue weighted by atomic mass is 9.98. The minimum atomic E-state index is -1.09. The van der Waals surface area contributed by atoms with Crippen LogP contribution in [0.4, 0.5) is 4.79 Å². The summed E-state index contributed by atoms with van der Waals surface area (Å²) in [4.78, 5) is 24.8. The Bertz CT molecular complexity index is 313. The molecule has 0 aliphatic heterocycles. The molecule has 2 N–H and O–H groups in total. The van der Waals surface area contributed by atoms with Gasteiger partial charge in [-0.05, 0) is 19.8 Å². The van der Waals surface area contributed by atoms with E-state index < -0.39 is 11.5 Å². The number of ether oxygens (including phenoxy) is 1. The molecule has 1 atom stereocenters. The number of methoxy groups -OCH3 is 1. The first kappa shape index (κ1) is 14.8. The SMILES string of the molecule is COCC(C)N(C)C(=O)NC1(C(=O)O)CCCC1. The summed E-state index contributed by atoms with van der Waals surface area (Å²) < 4.78 is 4.98. The summed E-state index contributed by atoms with van der Waals surface area (Å²) >= 11 is 0. The molecule has 6 nitrogen and oxygen atoms in total. The molecule has 1 aliphatic carbocycles. The van der Waals surface area contributed by atoms with Crippen LogP contribution in [0.3, 0.4) is 0 Å². The zero-order chi connectivity index (χ0) is 13.8. The van der Waals surface area contributed by atoms with Crippen LogP contribution >= 0.6 is 0 Å². The maximum Gasteiger partial charge on any atom is 0.329 e. The largest absolute Gasteiger partial charge is 0.480 e. The van der Waals surface area contributed by atoms with Crippen molar-refractivity contribution in [2.45, 2.75) is 44.2 Å². The van der Waals surface area contributed by atoms with E-state index >= 15 is 0 Å². The van der Waals surface area contributed by atoms with Gasteiger partial charge in [0.25, 0.3) is 0 Å². The minimum Gasteiger partial charge on any atom is -0.480 e. The number of aliphatic carboxylic acids is 1. The molecule has 1 fully saturated rings. The van der Waals surface area contributed by atoms with Crippen LogP contribution in [0.5, 0.6) is 0 Å². The number of hydrogen-bond donors (Lipinski definition) is 2. The highest BCUT2D eigenvalue weighted by Crippen LogP contribution is 2.30. The summed E-state index contributed by atoms with van der Waals surface area (Å²) in [6.45, 7) is 2.27. The number of nitrogens with zero attached hydrogens (tertiary/aromatic N) is 1. The number of carboxylic acids is 1. The zero-order valence-electron chi connectivity index (χ0n) is 11.2. The Morgan fingerprint density at radius 1 is 1.44 bits per heavy atom. The Balaban J connectivity index is 2.65. The van der Waals surface area contributed by atoms with Gasteiger partial charge in [0.1, 0.15) is 5.54 Å². The highest BCUT2D eigenvalue weighted by molar-refractivity contribution is 5.86. The number of nitrogens with one attached hydrogen (secondary N) is 1.